The van der Waals surface area contributed by atoms with Crippen LogP contribution in [-0.2, 0) is 14.9 Å². The van der Waals surface area contributed by atoms with Gasteiger partial charge in [0.1, 0.15) is 4.90 Å². The Morgan fingerprint density at radius 1 is 1.14 bits per heavy atom. The van der Waals surface area contributed by atoms with Crippen molar-refractivity contribution in [3.8, 4) is 5.75 Å². The summed E-state index contributed by atoms with van der Waals surface area (Å²) >= 11 is 7.95. The van der Waals surface area contributed by atoms with Crippen molar-refractivity contribution in [3.63, 3.8) is 0 Å². The molecule has 0 radical (unpaired) electrons. The molecular weight excluding hydrogens is 620 g/mol. The zero-order chi connectivity index (χ0) is 25.0. The predicted octanol–water partition coefficient (Wildman–Crippen LogP) is 5.41. The van der Waals surface area contributed by atoms with Crippen molar-refractivity contribution in [1.29, 1.82) is 0 Å². The number of amides is 1. The molecule has 0 aliphatic heterocycles. The Labute approximate surface area is 222 Å². The molecule has 0 aliphatic carbocycles. The van der Waals surface area contributed by atoms with Crippen LogP contribution in [0.2, 0.25) is 0 Å². The number of para-hydroxylation sites is 2. The van der Waals surface area contributed by atoms with E-state index in [9.17, 15) is 13.2 Å². The van der Waals surface area contributed by atoms with Gasteiger partial charge in [0.15, 0.2) is 10.9 Å². The number of aryl methyl sites for hydroxylation is 1. The molecule has 0 unspecified atom stereocenters. The fourth-order valence-electron chi connectivity index (χ4n) is 2.94. The van der Waals surface area contributed by atoms with Crippen LogP contribution in [0.4, 0.5) is 0 Å². The van der Waals surface area contributed by atoms with Crippen molar-refractivity contribution in [2.24, 2.45) is 5.10 Å². The van der Waals surface area contributed by atoms with Gasteiger partial charge in [0.05, 0.1) is 31.9 Å². The molecule has 12 heteroatoms. The Kier molecular flexibility index (Phi) is 7.95. The molecule has 0 aliphatic rings. The summed E-state index contributed by atoms with van der Waals surface area (Å²) < 4.78 is 31.4. The lowest BCUT2D eigenvalue weighted by Crippen LogP contribution is -2.19. The van der Waals surface area contributed by atoms with E-state index in [0.29, 0.717) is 19.7 Å². The van der Waals surface area contributed by atoms with Gasteiger partial charge >= 0.3 is 10.1 Å². The topological polar surface area (TPSA) is 114 Å². The van der Waals surface area contributed by atoms with Crippen molar-refractivity contribution >= 4 is 76.9 Å². The van der Waals surface area contributed by atoms with Gasteiger partial charge in [-0.15, -0.1) is 0 Å². The molecule has 35 heavy (non-hydrogen) atoms. The zero-order valence-corrected chi connectivity index (χ0v) is 23.0. The largest absolute Gasteiger partial charge is 0.377 e. The first-order chi connectivity index (χ1) is 16.7. The number of hydrogen-bond acceptors (Lipinski definition) is 7. The minimum Gasteiger partial charge on any atom is -0.377 e. The quantitative estimate of drug-likeness (QED) is 0.116. The number of hydrogen-bond donors (Lipinski definition) is 2. The second-order valence-electron chi connectivity index (χ2n) is 7.31. The highest BCUT2D eigenvalue weighted by atomic mass is 79.9. The van der Waals surface area contributed by atoms with Gasteiger partial charge in [-0.05, 0) is 80.7 Å². The third-order valence-corrected chi connectivity index (χ3v) is 7.92. The van der Waals surface area contributed by atoms with Crippen molar-refractivity contribution in [3.05, 3.63) is 80.7 Å². The van der Waals surface area contributed by atoms with Crippen molar-refractivity contribution in [1.82, 2.24) is 15.4 Å². The molecule has 4 aromatic rings. The van der Waals surface area contributed by atoms with Crippen LogP contribution in [0.3, 0.4) is 0 Å². The first-order valence-electron chi connectivity index (χ1n) is 10.1. The van der Waals surface area contributed by atoms with E-state index in [1.54, 1.807) is 24.3 Å². The molecule has 1 aromatic heterocycles. The van der Waals surface area contributed by atoms with Crippen LogP contribution >= 0.6 is 43.6 Å². The van der Waals surface area contributed by atoms with E-state index in [1.807, 2.05) is 31.2 Å². The fourth-order valence-corrected chi connectivity index (χ4v) is 6.18. The summed E-state index contributed by atoms with van der Waals surface area (Å²) in [6.45, 7) is 1.87. The van der Waals surface area contributed by atoms with Gasteiger partial charge in [0.25, 0.3) is 5.91 Å². The maximum absolute atomic E-state index is 12.6. The predicted molar refractivity (Wildman–Crippen MR) is 143 cm³/mol. The van der Waals surface area contributed by atoms with Crippen LogP contribution in [0.25, 0.3) is 11.0 Å². The Hall–Kier alpha value is -2.67. The van der Waals surface area contributed by atoms with Gasteiger partial charge in [-0.25, -0.2) is 10.4 Å². The van der Waals surface area contributed by atoms with Crippen LogP contribution in [0.1, 0.15) is 11.1 Å². The number of carbonyl (C=O) groups excluding carboxylic acids is 1. The molecule has 0 saturated heterocycles. The summed E-state index contributed by atoms with van der Waals surface area (Å²) in [4.78, 5) is 19.7. The van der Waals surface area contributed by atoms with Gasteiger partial charge in [0, 0.05) is 0 Å². The molecule has 1 amide bonds. The number of benzene rings is 3. The van der Waals surface area contributed by atoms with E-state index in [2.05, 4.69) is 52.4 Å². The smallest absolute Gasteiger partial charge is 0.339 e. The number of aromatic amines is 1. The Morgan fingerprint density at radius 2 is 1.83 bits per heavy atom. The Balaban J connectivity index is 1.36. The number of H-pyrrole nitrogens is 1. The summed E-state index contributed by atoms with van der Waals surface area (Å²) in [6, 6.07) is 17.3. The highest BCUT2D eigenvalue weighted by Crippen LogP contribution is 2.36. The number of imidazole rings is 1. The number of nitrogens with one attached hydrogen (secondary N) is 2. The minimum atomic E-state index is -4.01. The molecule has 0 spiro atoms. The number of rotatable bonds is 8. The van der Waals surface area contributed by atoms with Crippen LogP contribution in [0, 0.1) is 6.92 Å². The third-order valence-electron chi connectivity index (χ3n) is 4.63. The van der Waals surface area contributed by atoms with E-state index in [0.717, 1.165) is 16.6 Å². The van der Waals surface area contributed by atoms with Gasteiger partial charge in [-0.1, -0.05) is 41.6 Å². The SMILES string of the molecule is Cc1ccc(S(=O)(=O)Oc2c(Br)cc(/C=N\NC(=O)CSc3nc4ccccc4[nH]3)cc2Br)cc1. The lowest BCUT2D eigenvalue weighted by molar-refractivity contribution is -0.118. The second-order valence-corrected chi connectivity index (χ2v) is 11.5. The summed E-state index contributed by atoms with van der Waals surface area (Å²) in [5, 5.41) is 4.62. The highest BCUT2D eigenvalue weighted by molar-refractivity contribution is 9.11. The lowest BCUT2D eigenvalue weighted by Gasteiger charge is -2.11. The third kappa shape index (κ3) is 6.51. The fraction of sp³-hybridized carbons (Fsp3) is 0.0870. The van der Waals surface area contributed by atoms with E-state index >= 15 is 0 Å². The van der Waals surface area contributed by atoms with E-state index in [-0.39, 0.29) is 22.3 Å². The summed E-state index contributed by atoms with van der Waals surface area (Å²) in [6.07, 6.45) is 1.44. The summed E-state index contributed by atoms with van der Waals surface area (Å²) in [7, 11) is -4.01. The molecule has 1 heterocycles. The molecule has 180 valence electrons. The number of fused-ring (bicyclic) bond motifs is 1. The standard InChI is InChI=1S/C23H18Br2N4O4S2/c1-14-6-8-16(9-7-14)35(31,32)33-22-17(24)10-15(11-18(22)25)12-26-29-21(30)13-34-23-27-19-4-2-3-5-20(19)28-23/h2-12H,13H2,1H3,(H,27,28)(H,29,30)/b26-12-. The number of halogens is 2. The molecule has 4 rings (SSSR count). The zero-order valence-electron chi connectivity index (χ0n) is 18.2. The average molecular weight is 638 g/mol. The van der Waals surface area contributed by atoms with Crippen LogP contribution in [-0.4, -0.2) is 36.3 Å². The molecule has 0 fully saturated rings. The van der Waals surface area contributed by atoms with Crippen molar-refractivity contribution in [2.75, 3.05) is 5.75 Å². The highest BCUT2D eigenvalue weighted by Gasteiger charge is 2.20. The maximum atomic E-state index is 12.6. The molecule has 2 N–H and O–H groups in total. The first kappa shape index (κ1) is 25.4. The van der Waals surface area contributed by atoms with Gasteiger partial charge in [0.2, 0.25) is 0 Å². The monoisotopic (exact) mass is 636 g/mol. The van der Waals surface area contributed by atoms with Crippen molar-refractivity contribution in [2.45, 2.75) is 17.0 Å². The molecule has 0 bridgehead atoms. The molecule has 0 atom stereocenters. The average Bonchev–Trinajstić information content (AvgIpc) is 3.24. The second kappa shape index (κ2) is 10.9. The van der Waals surface area contributed by atoms with Gasteiger partial charge in [-0.2, -0.15) is 13.5 Å². The number of carbonyl (C=O) groups is 1. The molecule has 0 saturated carbocycles. The normalized spacial score (nSPS) is 11.7. The molecule has 3 aromatic carbocycles. The van der Waals surface area contributed by atoms with E-state index in [1.165, 1.54) is 30.1 Å². The number of hydrazone groups is 1. The summed E-state index contributed by atoms with van der Waals surface area (Å²) in [5.41, 5.74) is 5.75. The Bertz CT molecular complexity index is 1460. The van der Waals surface area contributed by atoms with E-state index in [4.69, 9.17) is 4.18 Å². The first-order valence-corrected chi connectivity index (χ1v) is 14.1. The van der Waals surface area contributed by atoms with Gasteiger partial charge < -0.3 is 9.17 Å². The number of thioether (sulfide) groups is 1. The van der Waals surface area contributed by atoms with Crippen LogP contribution in [0.5, 0.6) is 5.75 Å². The lowest BCUT2D eigenvalue weighted by atomic mass is 10.2. The minimum absolute atomic E-state index is 0.0516. The van der Waals surface area contributed by atoms with Crippen molar-refractivity contribution < 1.29 is 17.4 Å². The van der Waals surface area contributed by atoms with E-state index < -0.39 is 10.1 Å². The number of nitrogens with zero attached hydrogens (tertiary/aromatic N) is 2. The van der Waals surface area contributed by atoms with Crippen LogP contribution < -0.4 is 9.61 Å². The Morgan fingerprint density at radius 3 is 2.51 bits per heavy atom. The number of aromatic nitrogens is 2. The summed E-state index contributed by atoms with van der Waals surface area (Å²) in [5.74, 6) is -0.0586. The molecule has 8 nitrogen and oxygen atoms in total. The van der Waals surface area contributed by atoms with Crippen LogP contribution in [0.15, 0.2) is 84.8 Å². The maximum Gasteiger partial charge on any atom is 0.339 e. The van der Waals surface area contributed by atoms with Gasteiger partial charge in [-0.3, -0.25) is 4.79 Å². The molecular formula is C23H18Br2N4O4S2.